The summed E-state index contributed by atoms with van der Waals surface area (Å²) in [6.07, 6.45) is 12.3. The lowest BCUT2D eigenvalue weighted by molar-refractivity contribution is 0.355. The molecule has 0 amide bonds. The molecule has 2 unspecified atom stereocenters. The molecule has 0 fully saturated rings. The molecule has 0 spiro atoms. The fraction of sp³-hybridized carbons (Fsp3) is 0.556. The molecule has 1 radical (unpaired) electrons. The summed E-state index contributed by atoms with van der Waals surface area (Å²) < 4.78 is 0. The molecule has 53 valence electrons. The molecule has 1 heteroatoms. The predicted molar refractivity (Wildman–Crippen MR) is 41.5 cm³/mol. The van der Waals surface area contributed by atoms with Gasteiger partial charge in [-0.2, -0.15) is 0 Å². The molecule has 2 rings (SSSR count). The highest BCUT2D eigenvalue weighted by Gasteiger charge is 2.23. The third-order valence-corrected chi connectivity index (χ3v) is 2.35. The molecule has 0 aromatic heterocycles. The Morgan fingerprint density at radius 3 is 2.70 bits per heavy atom. The van der Waals surface area contributed by atoms with Crippen molar-refractivity contribution >= 4 is 0 Å². The average molecular weight is 134 g/mol. The average Bonchev–Trinajstić information content (AvgIpc) is 2.05. The number of rotatable bonds is 0. The van der Waals surface area contributed by atoms with E-state index in [4.69, 9.17) is 0 Å². The lowest BCUT2D eigenvalue weighted by Gasteiger charge is -2.28. The molecule has 0 bridgehead atoms. The first kappa shape index (κ1) is 6.02. The molecule has 0 aromatic carbocycles. The first-order valence-corrected chi connectivity index (χ1v) is 3.97. The summed E-state index contributed by atoms with van der Waals surface area (Å²) in [4.78, 5) is 0. The Hall–Kier alpha value is -0.720. The summed E-state index contributed by atoms with van der Waals surface area (Å²) >= 11 is 0. The largest absolute Gasteiger partial charge is 0.290 e. The normalized spacial score (nSPS) is 36.8. The van der Waals surface area contributed by atoms with Gasteiger partial charge in [-0.05, 0) is 25.2 Å². The van der Waals surface area contributed by atoms with Gasteiger partial charge >= 0.3 is 0 Å². The van der Waals surface area contributed by atoms with Crippen LogP contribution in [0.2, 0.25) is 0 Å². The quantitative estimate of drug-likeness (QED) is 0.449. The van der Waals surface area contributed by atoms with Gasteiger partial charge in [0.1, 0.15) is 0 Å². The Morgan fingerprint density at radius 1 is 1.00 bits per heavy atom. The van der Waals surface area contributed by atoms with E-state index in [-0.39, 0.29) is 0 Å². The van der Waals surface area contributed by atoms with Crippen molar-refractivity contribution in [3.63, 3.8) is 0 Å². The lowest BCUT2D eigenvalue weighted by atomic mass is 9.85. The number of allylic oxidation sites excluding steroid dienone is 2. The summed E-state index contributed by atoms with van der Waals surface area (Å²) in [6, 6.07) is 0.606. The van der Waals surface area contributed by atoms with Crippen LogP contribution in [0.4, 0.5) is 0 Å². The molecular weight excluding hydrogens is 122 g/mol. The Morgan fingerprint density at radius 2 is 1.80 bits per heavy atom. The second kappa shape index (κ2) is 2.49. The third kappa shape index (κ3) is 0.962. The van der Waals surface area contributed by atoms with Crippen molar-refractivity contribution in [2.24, 2.45) is 5.92 Å². The second-order valence-corrected chi connectivity index (χ2v) is 3.04. The van der Waals surface area contributed by atoms with Gasteiger partial charge in [0.05, 0.1) is 6.04 Å². The Labute approximate surface area is 61.8 Å². The Kier molecular flexibility index (Phi) is 1.50. The molecular formula is C9H12N. The summed E-state index contributed by atoms with van der Waals surface area (Å²) in [6.45, 7) is 0. The summed E-state index contributed by atoms with van der Waals surface area (Å²) in [5.74, 6) is 0.815. The van der Waals surface area contributed by atoms with E-state index in [9.17, 15) is 0 Å². The fourth-order valence-corrected chi connectivity index (χ4v) is 1.70. The number of hydrogen-bond acceptors (Lipinski definition) is 0. The van der Waals surface area contributed by atoms with Crippen molar-refractivity contribution in [2.75, 3.05) is 0 Å². The number of hydrogen-bond donors (Lipinski definition) is 0. The Bertz CT molecular complexity index is 134. The zero-order valence-corrected chi connectivity index (χ0v) is 6.03. The van der Waals surface area contributed by atoms with Crippen molar-refractivity contribution in [3.8, 4) is 0 Å². The van der Waals surface area contributed by atoms with Crippen LogP contribution in [-0.2, 0) is 0 Å². The van der Waals surface area contributed by atoms with Crippen LogP contribution in [-0.4, -0.2) is 6.04 Å². The maximum atomic E-state index is 4.42. The molecule has 10 heavy (non-hydrogen) atoms. The first-order chi connectivity index (χ1) is 4.97. The highest BCUT2D eigenvalue weighted by molar-refractivity contribution is 5.04. The van der Waals surface area contributed by atoms with Crippen LogP contribution in [0.1, 0.15) is 19.3 Å². The molecule has 0 aromatic rings. The minimum absolute atomic E-state index is 0.606. The van der Waals surface area contributed by atoms with Gasteiger partial charge < -0.3 is 0 Å². The number of fused-ring (bicyclic) bond motifs is 1. The van der Waals surface area contributed by atoms with Crippen LogP contribution >= 0.6 is 0 Å². The fourth-order valence-electron chi connectivity index (χ4n) is 1.70. The Balaban J connectivity index is 2.09. The van der Waals surface area contributed by atoms with E-state index in [0.29, 0.717) is 6.04 Å². The van der Waals surface area contributed by atoms with Crippen LogP contribution < -0.4 is 5.32 Å². The van der Waals surface area contributed by atoms with E-state index < -0.39 is 0 Å². The van der Waals surface area contributed by atoms with Crippen LogP contribution in [0.3, 0.4) is 0 Å². The first-order valence-electron chi connectivity index (χ1n) is 3.97. The maximum absolute atomic E-state index is 4.42. The molecule has 0 saturated carbocycles. The molecule has 1 heterocycles. The van der Waals surface area contributed by atoms with Gasteiger partial charge in [-0.3, -0.25) is 5.32 Å². The smallest absolute Gasteiger partial charge is 0.0567 e. The van der Waals surface area contributed by atoms with Gasteiger partial charge in [0.2, 0.25) is 0 Å². The van der Waals surface area contributed by atoms with Crippen molar-refractivity contribution < 1.29 is 0 Å². The van der Waals surface area contributed by atoms with Gasteiger partial charge in [-0.15, -0.1) is 0 Å². The monoisotopic (exact) mass is 134 g/mol. The van der Waals surface area contributed by atoms with E-state index in [2.05, 4.69) is 23.5 Å². The van der Waals surface area contributed by atoms with Crippen LogP contribution in [0.25, 0.3) is 0 Å². The molecule has 1 aliphatic heterocycles. The molecule has 2 atom stereocenters. The van der Waals surface area contributed by atoms with Crippen LogP contribution in [0.15, 0.2) is 24.4 Å². The summed E-state index contributed by atoms with van der Waals surface area (Å²) in [7, 11) is 0. The molecule has 2 aliphatic rings. The van der Waals surface area contributed by atoms with Gasteiger partial charge in [-0.1, -0.05) is 18.2 Å². The van der Waals surface area contributed by atoms with Gasteiger partial charge in [0.15, 0.2) is 0 Å². The van der Waals surface area contributed by atoms with Gasteiger partial charge in [-0.25, -0.2) is 0 Å². The van der Waals surface area contributed by atoms with E-state index in [1.807, 2.05) is 6.20 Å². The molecule has 0 N–H and O–H groups in total. The highest BCUT2D eigenvalue weighted by atomic mass is 14.9. The van der Waals surface area contributed by atoms with Crippen molar-refractivity contribution in [2.45, 2.75) is 25.3 Å². The molecule has 1 aliphatic carbocycles. The summed E-state index contributed by atoms with van der Waals surface area (Å²) in [5, 5.41) is 4.42. The third-order valence-electron chi connectivity index (χ3n) is 2.35. The standard InChI is InChI=1S/C9H12N/c1-2-6-9-8(4-1)5-3-7-10-9/h1-3,7-9H,4-6H2. The molecule has 1 nitrogen and oxygen atoms in total. The van der Waals surface area contributed by atoms with Crippen molar-refractivity contribution in [3.05, 3.63) is 24.4 Å². The van der Waals surface area contributed by atoms with Crippen molar-refractivity contribution in [1.29, 1.82) is 0 Å². The van der Waals surface area contributed by atoms with E-state index in [0.717, 1.165) is 12.3 Å². The van der Waals surface area contributed by atoms with E-state index in [1.54, 1.807) is 0 Å². The van der Waals surface area contributed by atoms with Crippen LogP contribution in [0.5, 0.6) is 0 Å². The lowest BCUT2D eigenvalue weighted by Crippen LogP contribution is -2.31. The number of nitrogens with zero attached hydrogens (tertiary/aromatic N) is 1. The minimum atomic E-state index is 0.606. The molecule has 0 saturated heterocycles. The second-order valence-electron chi connectivity index (χ2n) is 3.04. The van der Waals surface area contributed by atoms with Crippen molar-refractivity contribution in [1.82, 2.24) is 5.32 Å². The maximum Gasteiger partial charge on any atom is 0.0567 e. The van der Waals surface area contributed by atoms with E-state index in [1.165, 1.54) is 12.8 Å². The predicted octanol–water partition coefficient (Wildman–Crippen LogP) is 1.84. The SMILES string of the molecule is C1=CCC2[N]C=CCC2C1. The topological polar surface area (TPSA) is 14.1 Å². The zero-order valence-electron chi connectivity index (χ0n) is 6.03. The minimum Gasteiger partial charge on any atom is -0.290 e. The van der Waals surface area contributed by atoms with Crippen LogP contribution in [0, 0.1) is 5.92 Å². The summed E-state index contributed by atoms with van der Waals surface area (Å²) in [5.41, 5.74) is 0. The highest BCUT2D eigenvalue weighted by Crippen LogP contribution is 2.25. The zero-order chi connectivity index (χ0) is 6.81. The van der Waals surface area contributed by atoms with E-state index >= 15 is 0 Å². The van der Waals surface area contributed by atoms with Gasteiger partial charge in [0, 0.05) is 6.20 Å². The van der Waals surface area contributed by atoms with Gasteiger partial charge in [0.25, 0.3) is 0 Å².